The molecular formula is C24H20ClN3O3S. The van der Waals surface area contributed by atoms with Crippen LogP contribution in [0.1, 0.15) is 10.4 Å². The Balaban J connectivity index is 1.67. The second-order valence-corrected chi connectivity index (χ2v) is 8.17. The van der Waals surface area contributed by atoms with Gasteiger partial charge in [-0.15, -0.1) is 10.2 Å². The van der Waals surface area contributed by atoms with Gasteiger partial charge in [-0.2, -0.15) is 0 Å². The van der Waals surface area contributed by atoms with Crippen LogP contribution in [0.5, 0.6) is 11.5 Å². The predicted octanol–water partition coefficient (Wildman–Crippen LogP) is 5.58. The van der Waals surface area contributed by atoms with Gasteiger partial charge < -0.3 is 9.47 Å². The Bertz CT molecular complexity index is 1210. The van der Waals surface area contributed by atoms with Gasteiger partial charge in [0.05, 0.1) is 20.0 Å². The van der Waals surface area contributed by atoms with Crippen molar-refractivity contribution in [1.82, 2.24) is 14.8 Å². The predicted molar refractivity (Wildman–Crippen MR) is 126 cm³/mol. The molecule has 6 nitrogen and oxygen atoms in total. The summed E-state index contributed by atoms with van der Waals surface area (Å²) in [6, 6.07) is 22.1. The largest absolute Gasteiger partial charge is 0.497 e. The van der Waals surface area contributed by atoms with Crippen molar-refractivity contribution >= 4 is 29.1 Å². The van der Waals surface area contributed by atoms with E-state index in [0.717, 1.165) is 22.7 Å². The van der Waals surface area contributed by atoms with E-state index in [9.17, 15) is 4.79 Å². The molecule has 0 bridgehead atoms. The monoisotopic (exact) mass is 465 g/mol. The third-order valence-electron chi connectivity index (χ3n) is 4.81. The zero-order valence-corrected chi connectivity index (χ0v) is 19.1. The van der Waals surface area contributed by atoms with Gasteiger partial charge in [-0.1, -0.05) is 23.4 Å². The lowest BCUT2D eigenvalue weighted by molar-refractivity contribution is 0.102. The average Bonchev–Trinajstić information content (AvgIpc) is 3.27. The normalized spacial score (nSPS) is 10.7. The lowest BCUT2D eigenvalue weighted by Gasteiger charge is -2.11. The second kappa shape index (κ2) is 9.89. The maximum atomic E-state index is 12.7. The fourth-order valence-corrected chi connectivity index (χ4v) is 4.08. The number of halogens is 1. The third kappa shape index (κ3) is 4.79. The molecule has 162 valence electrons. The van der Waals surface area contributed by atoms with Crippen LogP contribution in [0.2, 0.25) is 5.02 Å². The van der Waals surface area contributed by atoms with Crippen LogP contribution in [0.15, 0.2) is 78.0 Å². The molecular weight excluding hydrogens is 446 g/mol. The topological polar surface area (TPSA) is 66.2 Å². The molecule has 0 saturated carbocycles. The van der Waals surface area contributed by atoms with Gasteiger partial charge in [0.1, 0.15) is 11.5 Å². The van der Waals surface area contributed by atoms with Crippen molar-refractivity contribution in [2.24, 2.45) is 0 Å². The zero-order valence-electron chi connectivity index (χ0n) is 17.5. The number of ketones is 1. The summed E-state index contributed by atoms with van der Waals surface area (Å²) in [5.41, 5.74) is 2.35. The Labute approximate surface area is 195 Å². The third-order valence-corrected chi connectivity index (χ3v) is 5.99. The van der Waals surface area contributed by atoms with Crippen molar-refractivity contribution in [3.63, 3.8) is 0 Å². The molecule has 0 saturated heterocycles. The molecule has 4 rings (SSSR count). The van der Waals surface area contributed by atoms with E-state index in [-0.39, 0.29) is 11.5 Å². The molecule has 0 amide bonds. The first-order chi connectivity index (χ1) is 15.6. The van der Waals surface area contributed by atoms with Crippen molar-refractivity contribution in [3.05, 3.63) is 83.4 Å². The molecule has 3 aromatic carbocycles. The average molecular weight is 466 g/mol. The minimum absolute atomic E-state index is 0.0121. The summed E-state index contributed by atoms with van der Waals surface area (Å²) >= 11 is 7.26. The molecule has 0 radical (unpaired) electrons. The maximum Gasteiger partial charge on any atom is 0.196 e. The number of aromatic nitrogens is 3. The Morgan fingerprint density at radius 3 is 2.06 bits per heavy atom. The fraction of sp³-hybridized carbons (Fsp3) is 0.125. The van der Waals surface area contributed by atoms with Crippen molar-refractivity contribution in [3.8, 4) is 28.6 Å². The van der Waals surface area contributed by atoms with Gasteiger partial charge in [0, 0.05) is 21.8 Å². The molecule has 1 heterocycles. The van der Waals surface area contributed by atoms with E-state index in [1.54, 1.807) is 38.5 Å². The number of nitrogens with zero attached hydrogens (tertiary/aromatic N) is 3. The van der Waals surface area contributed by atoms with Crippen molar-refractivity contribution in [2.75, 3.05) is 20.0 Å². The van der Waals surface area contributed by atoms with Gasteiger partial charge in [0.15, 0.2) is 16.8 Å². The number of carbonyl (C=O) groups is 1. The maximum absolute atomic E-state index is 12.7. The summed E-state index contributed by atoms with van der Waals surface area (Å²) in [5, 5.41) is 10.00. The first-order valence-corrected chi connectivity index (χ1v) is 11.1. The van der Waals surface area contributed by atoms with E-state index < -0.39 is 0 Å². The first kappa shape index (κ1) is 21.9. The van der Waals surface area contributed by atoms with Crippen molar-refractivity contribution in [2.45, 2.75) is 5.16 Å². The summed E-state index contributed by atoms with van der Waals surface area (Å²) in [6.45, 7) is 0. The number of ether oxygens (including phenoxy) is 2. The summed E-state index contributed by atoms with van der Waals surface area (Å²) in [6.07, 6.45) is 0. The molecule has 0 atom stereocenters. The van der Waals surface area contributed by atoms with Gasteiger partial charge in [-0.05, 0) is 72.8 Å². The van der Waals surface area contributed by atoms with E-state index in [1.807, 2.05) is 53.1 Å². The molecule has 8 heteroatoms. The highest BCUT2D eigenvalue weighted by atomic mass is 35.5. The van der Waals surface area contributed by atoms with Gasteiger partial charge in [-0.25, -0.2) is 0 Å². The number of thioether (sulfide) groups is 1. The van der Waals surface area contributed by atoms with E-state index in [4.69, 9.17) is 21.1 Å². The van der Waals surface area contributed by atoms with Gasteiger partial charge in [-0.3, -0.25) is 9.36 Å². The molecule has 0 unspecified atom stereocenters. The highest BCUT2D eigenvalue weighted by molar-refractivity contribution is 7.99. The first-order valence-electron chi connectivity index (χ1n) is 9.75. The van der Waals surface area contributed by atoms with Gasteiger partial charge >= 0.3 is 0 Å². The second-order valence-electron chi connectivity index (χ2n) is 6.79. The lowest BCUT2D eigenvalue weighted by Crippen LogP contribution is -2.05. The molecule has 0 spiro atoms. The Morgan fingerprint density at radius 1 is 0.875 bits per heavy atom. The van der Waals surface area contributed by atoms with Crippen molar-refractivity contribution < 1.29 is 14.3 Å². The highest BCUT2D eigenvalue weighted by Crippen LogP contribution is 2.30. The molecule has 0 aliphatic carbocycles. The fourth-order valence-electron chi connectivity index (χ4n) is 3.10. The zero-order chi connectivity index (χ0) is 22.5. The molecule has 0 aliphatic rings. The van der Waals surface area contributed by atoms with Crippen LogP contribution in [-0.4, -0.2) is 40.5 Å². The minimum atomic E-state index is -0.0121. The standard InChI is InChI=1S/C24H20ClN3O3S/c1-30-20-11-5-17(6-12-20)23-26-27-24(28(23)19-9-13-21(31-2)14-10-19)32-15-22(29)16-3-7-18(25)8-4-16/h3-14H,15H2,1-2H3. The van der Waals surface area contributed by atoms with Crippen LogP contribution >= 0.6 is 23.4 Å². The number of benzene rings is 3. The number of rotatable bonds is 8. The Morgan fingerprint density at radius 2 is 1.47 bits per heavy atom. The van der Waals surface area contributed by atoms with Crippen LogP contribution in [0, 0.1) is 0 Å². The number of carbonyl (C=O) groups excluding carboxylic acids is 1. The summed E-state index contributed by atoms with van der Waals surface area (Å²) in [7, 11) is 3.25. The molecule has 0 N–H and O–H groups in total. The minimum Gasteiger partial charge on any atom is -0.497 e. The van der Waals surface area contributed by atoms with E-state index >= 15 is 0 Å². The molecule has 32 heavy (non-hydrogen) atoms. The van der Waals surface area contributed by atoms with Gasteiger partial charge in [0.2, 0.25) is 0 Å². The van der Waals surface area contributed by atoms with Crippen LogP contribution < -0.4 is 9.47 Å². The molecule has 4 aromatic rings. The molecule has 0 aliphatic heterocycles. The SMILES string of the molecule is COc1ccc(-c2nnc(SCC(=O)c3ccc(Cl)cc3)n2-c2ccc(OC)cc2)cc1. The van der Waals surface area contributed by atoms with E-state index in [2.05, 4.69) is 10.2 Å². The van der Waals surface area contributed by atoms with Crippen LogP contribution in [0.4, 0.5) is 0 Å². The van der Waals surface area contributed by atoms with Crippen LogP contribution in [0.25, 0.3) is 17.1 Å². The van der Waals surface area contributed by atoms with E-state index in [1.165, 1.54) is 11.8 Å². The van der Waals surface area contributed by atoms with Crippen LogP contribution in [-0.2, 0) is 0 Å². The van der Waals surface area contributed by atoms with Crippen LogP contribution in [0.3, 0.4) is 0 Å². The highest BCUT2D eigenvalue weighted by Gasteiger charge is 2.18. The van der Waals surface area contributed by atoms with E-state index in [0.29, 0.717) is 21.6 Å². The van der Waals surface area contributed by atoms with Crippen molar-refractivity contribution in [1.29, 1.82) is 0 Å². The summed E-state index contributed by atoms with van der Waals surface area (Å²) in [5.74, 6) is 2.38. The number of hydrogen-bond acceptors (Lipinski definition) is 6. The Hall–Kier alpha value is -3.29. The van der Waals surface area contributed by atoms with Gasteiger partial charge in [0.25, 0.3) is 0 Å². The smallest absolute Gasteiger partial charge is 0.196 e. The molecule has 0 fully saturated rings. The summed E-state index contributed by atoms with van der Waals surface area (Å²) in [4.78, 5) is 12.7. The lowest BCUT2D eigenvalue weighted by atomic mass is 10.1. The Kier molecular flexibility index (Phi) is 6.78. The number of Topliss-reactive ketones (excluding diaryl/α,β-unsaturated/α-hetero) is 1. The molecule has 1 aromatic heterocycles. The number of hydrogen-bond donors (Lipinski definition) is 0. The summed E-state index contributed by atoms with van der Waals surface area (Å²) < 4.78 is 12.5. The number of methoxy groups -OCH3 is 2. The quantitative estimate of drug-likeness (QED) is 0.250.